The van der Waals surface area contributed by atoms with Crippen LogP contribution in [0.4, 0.5) is 0 Å². The second kappa shape index (κ2) is 6.65. The first kappa shape index (κ1) is 14.0. The van der Waals surface area contributed by atoms with Crippen molar-refractivity contribution in [1.29, 1.82) is 0 Å². The number of benzene rings is 1. The summed E-state index contributed by atoms with van der Waals surface area (Å²) in [5, 5.41) is 4.53. The molecule has 0 aliphatic heterocycles. The molecule has 19 heavy (non-hydrogen) atoms. The summed E-state index contributed by atoms with van der Waals surface area (Å²) in [6, 6.07) is 7.24. The molecule has 0 bridgehead atoms. The van der Waals surface area contributed by atoms with Crippen molar-refractivity contribution in [2.75, 3.05) is 13.2 Å². The monoisotopic (exact) mass is 282 g/mol. The van der Waals surface area contributed by atoms with E-state index in [4.69, 9.17) is 25.6 Å². The third kappa shape index (κ3) is 3.53. The van der Waals surface area contributed by atoms with Gasteiger partial charge in [-0.3, -0.25) is 0 Å². The molecule has 0 amide bonds. The minimum absolute atomic E-state index is 0.304. The fraction of sp³-hybridized carbons (Fsp3) is 0.385. The van der Waals surface area contributed by atoms with Crippen molar-refractivity contribution in [3.05, 3.63) is 35.2 Å². The Bertz CT molecular complexity index is 524. The quantitative estimate of drug-likeness (QED) is 0.759. The molecule has 2 aromatic rings. The normalized spacial score (nSPS) is 11.2. The van der Waals surface area contributed by atoms with Crippen LogP contribution < -0.4 is 0 Å². The summed E-state index contributed by atoms with van der Waals surface area (Å²) in [6.45, 7) is 4.75. The summed E-state index contributed by atoms with van der Waals surface area (Å²) in [5.74, 6) is 0.764. The van der Waals surface area contributed by atoms with Crippen LogP contribution in [0, 0.1) is 0 Å². The average molecular weight is 283 g/mol. The second-order valence-electron chi connectivity index (χ2n) is 3.71. The molecule has 0 atom stereocenters. The molecule has 1 aromatic heterocycles. The molecule has 1 heterocycles. The molecule has 1 aromatic carbocycles. The lowest BCUT2D eigenvalue weighted by molar-refractivity contribution is -0.155. The fourth-order valence-electron chi connectivity index (χ4n) is 1.57. The first-order valence-electron chi connectivity index (χ1n) is 6.07. The third-order valence-electron chi connectivity index (χ3n) is 2.36. The molecule has 0 aliphatic carbocycles. The van der Waals surface area contributed by atoms with E-state index in [0.717, 1.165) is 5.56 Å². The number of halogens is 1. The minimum Gasteiger partial charge on any atom is -0.345 e. The molecule has 0 unspecified atom stereocenters. The second-order valence-corrected chi connectivity index (χ2v) is 4.15. The summed E-state index contributed by atoms with van der Waals surface area (Å²) in [5.41, 5.74) is 0.786. The van der Waals surface area contributed by atoms with Crippen LogP contribution in [-0.4, -0.2) is 23.4 Å². The van der Waals surface area contributed by atoms with Crippen LogP contribution in [-0.2, 0) is 9.47 Å². The van der Waals surface area contributed by atoms with Gasteiger partial charge in [-0.25, -0.2) is 0 Å². The van der Waals surface area contributed by atoms with Crippen molar-refractivity contribution < 1.29 is 14.0 Å². The Kier molecular flexibility index (Phi) is 4.90. The number of nitrogens with zero attached hydrogens (tertiary/aromatic N) is 2. The highest BCUT2D eigenvalue weighted by molar-refractivity contribution is 6.30. The standard InChI is InChI=1S/C13H15ClN2O3/c1-3-17-13(18-4-2)12-15-11(16-19-12)9-6-5-7-10(14)8-9/h5-8,13H,3-4H2,1-2H3. The van der Waals surface area contributed by atoms with Gasteiger partial charge in [-0.2, -0.15) is 4.98 Å². The van der Waals surface area contributed by atoms with Crippen LogP contribution in [0.5, 0.6) is 0 Å². The van der Waals surface area contributed by atoms with Gasteiger partial charge in [-0.15, -0.1) is 0 Å². The van der Waals surface area contributed by atoms with Crippen molar-refractivity contribution in [2.45, 2.75) is 20.1 Å². The van der Waals surface area contributed by atoms with E-state index in [9.17, 15) is 0 Å². The Hall–Kier alpha value is -1.43. The van der Waals surface area contributed by atoms with E-state index in [1.165, 1.54) is 0 Å². The highest BCUT2D eigenvalue weighted by Gasteiger charge is 2.20. The lowest BCUT2D eigenvalue weighted by atomic mass is 10.2. The van der Waals surface area contributed by atoms with E-state index in [-0.39, 0.29) is 0 Å². The van der Waals surface area contributed by atoms with Crippen LogP contribution in [0.1, 0.15) is 26.0 Å². The van der Waals surface area contributed by atoms with Crippen LogP contribution in [0.25, 0.3) is 11.4 Å². The average Bonchev–Trinajstić information content (AvgIpc) is 2.88. The summed E-state index contributed by atoms with van der Waals surface area (Å²) in [6.07, 6.45) is -0.629. The molecule has 5 nitrogen and oxygen atoms in total. The van der Waals surface area contributed by atoms with Crippen LogP contribution in [0.15, 0.2) is 28.8 Å². The van der Waals surface area contributed by atoms with Gasteiger partial charge in [-0.05, 0) is 26.0 Å². The molecule has 0 radical (unpaired) electrons. The van der Waals surface area contributed by atoms with E-state index < -0.39 is 6.29 Å². The van der Waals surface area contributed by atoms with Crippen molar-refractivity contribution in [3.8, 4) is 11.4 Å². The Labute approximate surface area is 116 Å². The van der Waals surface area contributed by atoms with E-state index in [1.807, 2.05) is 26.0 Å². The molecule has 0 N–H and O–H groups in total. The predicted octanol–water partition coefficient (Wildman–Crippen LogP) is 3.46. The highest BCUT2D eigenvalue weighted by atomic mass is 35.5. The molecular weight excluding hydrogens is 268 g/mol. The molecule has 0 saturated heterocycles. The molecule has 0 saturated carbocycles. The summed E-state index contributed by atoms with van der Waals surface area (Å²) < 4.78 is 16.0. The lowest BCUT2D eigenvalue weighted by Gasteiger charge is -2.11. The first-order chi connectivity index (χ1) is 9.24. The third-order valence-corrected chi connectivity index (χ3v) is 2.60. The molecule has 2 rings (SSSR count). The maximum atomic E-state index is 5.93. The SMILES string of the molecule is CCOC(OCC)c1nc(-c2cccc(Cl)c2)no1. The molecule has 0 spiro atoms. The summed E-state index contributed by atoms with van der Waals surface area (Å²) in [7, 11) is 0. The minimum atomic E-state index is -0.629. The number of ether oxygens (including phenoxy) is 2. The number of aromatic nitrogens is 2. The number of rotatable bonds is 6. The molecule has 0 fully saturated rings. The predicted molar refractivity (Wildman–Crippen MR) is 70.7 cm³/mol. The van der Waals surface area contributed by atoms with Gasteiger partial charge in [0.15, 0.2) is 0 Å². The maximum Gasteiger partial charge on any atom is 0.283 e. The van der Waals surface area contributed by atoms with Gasteiger partial charge >= 0.3 is 0 Å². The van der Waals surface area contributed by atoms with Crippen LogP contribution >= 0.6 is 11.6 Å². The number of hydrogen-bond acceptors (Lipinski definition) is 5. The molecule has 102 valence electrons. The smallest absolute Gasteiger partial charge is 0.283 e. The van der Waals surface area contributed by atoms with Gasteiger partial charge in [0.25, 0.3) is 5.89 Å². The highest BCUT2D eigenvalue weighted by Crippen LogP contribution is 2.23. The lowest BCUT2D eigenvalue weighted by Crippen LogP contribution is -2.09. The number of hydrogen-bond donors (Lipinski definition) is 0. The van der Waals surface area contributed by atoms with Crippen LogP contribution in [0.2, 0.25) is 5.02 Å². The Balaban J connectivity index is 2.22. The Morgan fingerprint density at radius 1 is 1.26 bits per heavy atom. The fourth-order valence-corrected chi connectivity index (χ4v) is 1.76. The molecule has 0 aliphatic rings. The van der Waals surface area contributed by atoms with Crippen LogP contribution in [0.3, 0.4) is 0 Å². The van der Waals surface area contributed by atoms with E-state index in [2.05, 4.69) is 10.1 Å². The van der Waals surface area contributed by atoms with E-state index in [1.54, 1.807) is 12.1 Å². The summed E-state index contributed by atoms with van der Waals surface area (Å²) in [4.78, 5) is 4.27. The zero-order valence-electron chi connectivity index (χ0n) is 10.8. The van der Waals surface area contributed by atoms with Crippen molar-refractivity contribution >= 4 is 11.6 Å². The van der Waals surface area contributed by atoms with Crippen molar-refractivity contribution in [2.24, 2.45) is 0 Å². The van der Waals surface area contributed by atoms with Gasteiger partial charge in [-0.1, -0.05) is 28.9 Å². The zero-order chi connectivity index (χ0) is 13.7. The van der Waals surface area contributed by atoms with Crippen molar-refractivity contribution in [3.63, 3.8) is 0 Å². The topological polar surface area (TPSA) is 57.4 Å². The molecule has 6 heteroatoms. The first-order valence-corrected chi connectivity index (χ1v) is 6.45. The maximum absolute atomic E-state index is 5.93. The Morgan fingerprint density at radius 2 is 2.00 bits per heavy atom. The molecular formula is C13H15ClN2O3. The van der Waals surface area contributed by atoms with E-state index >= 15 is 0 Å². The largest absolute Gasteiger partial charge is 0.345 e. The van der Waals surface area contributed by atoms with Gasteiger partial charge in [0, 0.05) is 23.8 Å². The van der Waals surface area contributed by atoms with E-state index in [0.29, 0.717) is 30.0 Å². The van der Waals surface area contributed by atoms with Gasteiger partial charge in [0.2, 0.25) is 12.1 Å². The zero-order valence-corrected chi connectivity index (χ0v) is 11.6. The van der Waals surface area contributed by atoms with Gasteiger partial charge in [0.05, 0.1) is 0 Å². The Morgan fingerprint density at radius 3 is 2.63 bits per heavy atom. The summed E-state index contributed by atoms with van der Waals surface area (Å²) >= 11 is 5.93. The van der Waals surface area contributed by atoms with Gasteiger partial charge < -0.3 is 14.0 Å². The van der Waals surface area contributed by atoms with Gasteiger partial charge in [0.1, 0.15) is 0 Å². The van der Waals surface area contributed by atoms with Crippen molar-refractivity contribution in [1.82, 2.24) is 10.1 Å².